The number of rotatable bonds is 12. The first kappa shape index (κ1) is 19.4. The highest BCUT2D eigenvalue weighted by molar-refractivity contribution is 4.90. The van der Waals surface area contributed by atoms with Crippen LogP contribution in [-0.4, -0.2) is 52.9 Å². The van der Waals surface area contributed by atoms with Crippen molar-refractivity contribution >= 4 is 0 Å². The predicted octanol–water partition coefficient (Wildman–Crippen LogP) is 2.14. The molecule has 0 aliphatic carbocycles. The van der Waals surface area contributed by atoms with Crippen molar-refractivity contribution in [2.24, 2.45) is 0 Å². The van der Waals surface area contributed by atoms with Crippen molar-refractivity contribution in [3.63, 3.8) is 0 Å². The molecule has 0 aromatic carbocycles. The smallest absolute Gasteiger partial charge is 0.149 e. The van der Waals surface area contributed by atoms with Crippen LogP contribution in [0, 0.1) is 0 Å². The number of aliphatic hydroxyl groups excluding tert-OH is 3. The van der Waals surface area contributed by atoms with E-state index in [1.807, 2.05) is 6.08 Å². The summed E-state index contributed by atoms with van der Waals surface area (Å²) in [6, 6.07) is 0. The van der Waals surface area contributed by atoms with Crippen molar-refractivity contribution < 1.29 is 24.8 Å². The van der Waals surface area contributed by atoms with Gasteiger partial charge in [0, 0.05) is 0 Å². The topological polar surface area (TPSA) is 79.2 Å². The molecule has 0 bridgehead atoms. The van der Waals surface area contributed by atoms with Gasteiger partial charge in [-0.15, -0.1) is 0 Å². The highest BCUT2D eigenvalue weighted by atomic mass is 16.6. The number of allylic oxidation sites excluding steroid dienone is 1. The second kappa shape index (κ2) is 11.9. The van der Waals surface area contributed by atoms with Crippen molar-refractivity contribution in [3.05, 3.63) is 12.3 Å². The van der Waals surface area contributed by atoms with E-state index in [1.165, 1.54) is 38.5 Å². The molecule has 0 aromatic rings. The maximum absolute atomic E-state index is 9.94. The Morgan fingerprint density at radius 3 is 2.55 bits per heavy atom. The summed E-state index contributed by atoms with van der Waals surface area (Å²) < 4.78 is 10.7. The van der Waals surface area contributed by atoms with Crippen molar-refractivity contribution in [3.8, 4) is 0 Å². The molecule has 130 valence electrons. The van der Waals surface area contributed by atoms with Crippen LogP contribution in [0.15, 0.2) is 12.3 Å². The van der Waals surface area contributed by atoms with E-state index < -0.39 is 31.0 Å². The average molecular weight is 316 g/mol. The third-order valence-electron chi connectivity index (χ3n) is 4.06. The molecular weight excluding hydrogens is 284 g/mol. The average Bonchev–Trinajstić information content (AvgIpc) is 2.89. The second-order valence-electron chi connectivity index (χ2n) is 5.99. The summed E-state index contributed by atoms with van der Waals surface area (Å²) >= 11 is 0. The van der Waals surface area contributed by atoms with E-state index in [-0.39, 0.29) is 6.61 Å². The van der Waals surface area contributed by atoms with Crippen LogP contribution in [0.5, 0.6) is 0 Å². The van der Waals surface area contributed by atoms with Crippen molar-refractivity contribution in [1.82, 2.24) is 0 Å². The highest BCUT2D eigenvalue weighted by Gasteiger charge is 2.40. The molecule has 0 radical (unpaired) electrons. The van der Waals surface area contributed by atoms with Crippen LogP contribution in [0.1, 0.15) is 58.3 Å². The molecule has 1 fully saturated rings. The van der Waals surface area contributed by atoms with Gasteiger partial charge in [-0.2, -0.15) is 0 Å². The lowest BCUT2D eigenvalue weighted by molar-refractivity contribution is -0.0689. The van der Waals surface area contributed by atoms with Crippen molar-refractivity contribution in [1.29, 1.82) is 0 Å². The Hall–Kier alpha value is -0.620. The first-order valence-corrected chi connectivity index (χ1v) is 8.59. The Balaban J connectivity index is 2.04. The van der Waals surface area contributed by atoms with E-state index in [1.54, 1.807) is 6.26 Å². The summed E-state index contributed by atoms with van der Waals surface area (Å²) in [5.41, 5.74) is 0. The lowest BCUT2D eigenvalue weighted by Gasteiger charge is -2.20. The van der Waals surface area contributed by atoms with Gasteiger partial charge in [0.1, 0.15) is 24.4 Å². The van der Waals surface area contributed by atoms with E-state index in [0.29, 0.717) is 0 Å². The Kier molecular flexibility index (Phi) is 10.5. The first-order valence-electron chi connectivity index (χ1n) is 8.59. The van der Waals surface area contributed by atoms with Crippen LogP contribution in [0.3, 0.4) is 0 Å². The normalized spacial score (nSPS) is 26.6. The van der Waals surface area contributed by atoms with Crippen LogP contribution in [0.4, 0.5) is 0 Å². The predicted molar refractivity (Wildman–Crippen MR) is 85.5 cm³/mol. The zero-order valence-electron chi connectivity index (χ0n) is 13.7. The van der Waals surface area contributed by atoms with Crippen LogP contribution in [0.2, 0.25) is 0 Å². The monoisotopic (exact) mass is 316 g/mol. The van der Waals surface area contributed by atoms with Crippen LogP contribution >= 0.6 is 0 Å². The summed E-state index contributed by atoms with van der Waals surface area (Å²) in [6.45, 7) is 2.02. The van der Waals surface area contributed by atoms with Gasteiger partial charge in [0.25, 0.3) is 0 Å². The fourth-order valence-electron chi connectivity index (χ4n) is 2.62. The number of aliphatic hydroxyl groups is 3. The van der Waals surface area contributed by atoms with Crippen LogP contribution in [-0.2, 0) is 9.47 Å². The largest absolute Gasteiger partial charge is 0.493 e. The summed E-state index contributed by atoms with van der Waals surface area (Å²) in [7, 11) is 0. The quantitative estimate of drug-likeness (QED) is 0.380. The third-order valence-corrected chi connectivity index (χ3v) is 4.06. The van der Waals surface area contributed by atoms with Crippen LogP contribution < -0.4 is 0 Å². The lowest BCUT2D eigenvalue weighted by Crippen LogP contribution is -2.40. The summed E-state index contributed by atoms with van der Waals surface area (Å²) in [5, 5.41) is 28.3. The van der Waals surface area contributed by atoms with Gasteiger partial charge in [-0.3, -0.25) is 0 Å². The maximum atomic E-state index is 9.94. The highest BCUT2D eigenvalue weighted by Crippen LogP contribution is 2.20. The number of hydrogen-bond acceptors (Lipinski definition) is 5. The van der Waals surface area contributed by atoms with E-state index >= 15 is 0 Å². The second-order valence-corrected chi connectivity index (χ2v) is 5.99. The molecular formula is C17H32O5. The number of unbranched alkanes of at least 4 members (excludes halogenated alkanes) is 7. The SMILES string of the molecule is CCCCCCCCC/C=C/O[C@@H]1CO[C@@H]([C@@H](O)CO)[C@H]1O. The lowest BCUT2D eigenvalue weighted by atomic mass is 10.1. The van der Waals surface area contributed by atoms with Gasteiger partial charge in [-0.1, -0.05) is 45.4 Å². The van der Waals surface area contributed by atoms with Crippen molar-refractivity contribution in [2.75, 3.05) is 13.2 Å². The van der Waals surface area contributed by atoms with E-state index in [2.05, 4.69) is 6.92 Å². The van der Waals surface area contributed by atoms with Gasteiger partial charge in [0.15, 0.2) is 0 Å². The fourth-order valence-corrected chi connectivity index (χ4v) is 2.62. The fraction of sp³-hybridized carbons (Fsp3) is 0.882. The molecule has 0 amide bonds. The molecule has 1 rings (SSSR count). The number of ether oxygens (including phenoxy) is 2. The Morgan fingerprint density at radius 2 is 1.86 bits per heavy atom. The molecule has 0 aromatic heterocycles. The van der Waals surface area contributed by atoms with Crippen LogP contribution in [0.25, 0.3) is 0 Å². The Bertz CT molecular complexity index is 295. The van der Waals surface area contributed by atoms with Gasteiger partial charge in [0.2, 0.25) is 0 Å². The minimum Gasteiger partial charge on any atom is -0.493 e. The molecule has 1 aliphatic heterocycles. The molecule has 0 unspecified atom stereocenters. The Morgan fingerprint density at radius 1 is 1.18 bits per heavy atom. The van der Waals surface area contributed by atoms with Gasteiger partial charge in [0.05, 0.1) is 19.5 Å². The molecule has 5 heteroatoms. The van der Waals surface area contributed by atoms with E-state index in [0.717, 1.165) is 12.8 Å². The molecule has 0 saturated carbocycles. The zero-order chi connectivity index (χ0) is 16.2. The minimum atomic E-state index is -1.07. The maximum Gasteiger partial charge on any atom is 0.149 e. The minimum absolute atomic E-state index is 0.227. The molecule has 1 aliphatic rings. The third kappa shape index (κ3) is 7.09. The van der Waals surface area contributed by atoms with Gasteiger partial charge in [-0.05, 0) is 18.9 Å². The van der Waals surface area contributed by atoms with Gasteiger partial charge < -0.3 is 24.8 Å². The summed E-state index contributed by atoms with van der Waals surface area (Å²) in [4.78, 5) is 0. The van der Waals surface area contributed by atoms with E-state index in [9.17, 15) is 10.2 Å². The van der Waals surface area contributed by atoms with Crippen molar-refractivity contribution in [2.45, 2.75) is 82.7 Å². The van der Waals surface area contributed by atoms with Gasteiger partial charge in [-0.25, -0.2) is 0 Å². The Labute approximate surface area is 133 Å². The molecule has 4 atom stereocenters. The zero-order valence-corrected chi connectivity index (χ0v) is 13.7. The molecule has 1 saturated heterocycles. The molecule has 5 nitrogen and oxygen atoms in total. The van der Waals surface area contributed by atoms with E-state index in [4.69, 9.17) is 14.6 Å². The first-order chi connectivity index (χ1) is 10.7. The standard InChI is InChI=1S/C17H32O5/c1-2-3-4-5-6-7-8-9-10-11-21-15-13-22-17(16(15)20)14(19)12-18/h10-11,14-20H,2-9,12-13H2,1H3/b11-10+/t14-,15+,16-,17-/m0/s1. The summed E-state index contributed by atoms with van der Waals surface area (Å²) in [5.74, 6) is 0. The number of hydrogen-bond donors (Lipinski definition) is 3. The molecule has 0 spiro atoms. The molecule has 22 heavy (non-hydrogen) atoms. The molecule has 1 heterocycles. The summed E-state index contributed by atoms with van der Waals surface area (Å²) in [6.07, 6.45) is 10.3. The molecule has 3 N–H and O–H groups in total. The van der Waals surface area contributed by atoms with Gasteiger partial charge >= 0.3 is 0 Å².